The third-order valence-corrected chi connectivity index (χ3v) is 11.3. The van der Waals surface area contributed by atoms with Gasteiger partial charge in [-0.15, -0.1) is 0 Å². The van der Waals surface area contributed by atoms with E-state index in [-0.39, 0.29) is 0 Å². The van der Waals surface area contributed by atoms with E-state index in [4.69, 9.17) is 23.8 Å². The van der Waals surface area contributed by atoms with Gasteiger partial charge < -0.3 is 8.83 Å². The summed E-state index contributed by atoms with van der Waals surface area (Å²) in [6.07, 6.45) is 0. The normalized spacial score (nSPS) is 11.8. The van der Waals surface area contributed by atoms with Gasteiger partial charge in [-0.25, -0.2) is 15.0 Å². The molecular formula is C53H31N3O2. The van der Waals surface area contributed by atoms with Crippen LogP contribution in [-0.2, 0) is 0 Å². The molecule has 5 nitrogen and oxygen atoms in total. The lowest BCUT2D eigenvalue weighted by Gasteiger charge is -2.11. The Hall–Kier alpha value is -7.89. The number of hydrogen-bond acceptors (Lipinski definition) is 5. The van der Waals surface area contributed by atoms with E-state index in [1.165, 1.54) is 5.56 Å². The Morgan fingerprint density at radius 3 is 1.71 bits per heavy atom. The third kappa shape index (κ3) is 5.21. The van der Waals surface area contributed by atoms with Crippen LogP contribution < -0.4 is 0 Å². The van der Waals surface area contributed by atoms with Crippen molar-refractivity contribution < 1.29 is 8.83 Å². The molecule has 9 aromatic carbocycles. The Balaban J connectivity index is 1.10. The van der Waals surface area contributed by atoms with E-state index in [9.17, 15) is 0 Å². The zero-order valence-electron chi connectivity index (χ0n) is 31.1. The van der Waals surface area contributed by atoms with E-state index in [1.807, 2.05) is 36.4 Å². The van der Waals surface area contributed by atoms with Gasteiger partial charge in [-0.1, -0.05) is 152 Å². The van der Waals surface area contributed by atoms with E-state index < -0.39 is 0 Å². The maximum Gasteiger partial charge on any atom is 0.164 e. The number of aromatic nitrogens is 3. The summed E-state index contributed by atoms with van der Waals surface area (Å²) in [6, 6.07) is 65.1. The van der Waals surface area contributed by atoms with Gasteiger partial charge in [0.05, 0.1) is 0 Å². The molecule has 0 atom stereocenters. The molecule has 58 heavy (non-hydrogen) atoms. The second kappa shape index (κ2) is 12.8. The first-order chi connectivity index (χ1) is 28.7. The lowest BCUT2D eigenvalue weighted by Crippen LogP contribution is -2.00. The van der Waals surface area contributed by atoms with Crippen LogP contribution in [0.3, 0.4) is 0 Å². The highest BCUT2D eigenvalue weighted by molar-refractivity contribution is 6.19. The number of nitrogens with zero attached hydrogens (tertiary/aromatic N) is 3. The predicted octanol–water partition coefficient (Wildman–Crippen LogP) is 14.3. The predicted molar refractivity (Wildman–Crippen MR) is 237 cm³/mol. The molecule has 0 radical (unpaired) electrons. The smallest absolute Gasteiger partial charge is 0.164 e. The molecule has 270 valence electrons. The summed E-state index contributed by atoms with van der Waals surface area (Å²) in [7, 11) is 0. The van der Waals surface area contributed by atoms with Crippen molar-refractivity contribution in [3.05, 3.63) is 188 Å². The molecule has 0 aliphatic rings. The van der Waals surface area contributed by atoms with Crippen molar-refractivity contribution in [2.24, 2.45) is 0 Å². The average Bonchev–Trinajstić information content (AvgIpc) is 3.88. The number of rotatable bonds is 5. The summed E-state index contributed by atoms with van der Waals surface area (Å²) >= 11 is 0. The van der Waals surface area contributed by atoms with E-state index in [2.05, 4.69) is 152 Å². The summed E-state index contributed by atoms with van der Waals surface area (Å²) in [5.74, 6) is 1.75. The zero-order valence-corrected chi connectivity index (χ0v) is 31.1. The van der Waals surface area contributed by atoms with Crippen molar-refractivity contribution in [2.45, 2.75) is 0 Å². The van der Waals surface area contributed by atoms with Crippen molar-refractivity contribution in [1.29, 1.82) is 0 Å². The molecule has 12 rings (SSSR count). The van der Waals surface area contributed by atoms with Crippen LogP contribution in [0, 0.1) is 0 Å². The molecule has 0 aliphatic carbocycles. The number of furan rings is 2. The van der Waals surface area contributed by atoms with Crippen LogP contribution in [0.1, 0.15) is 0 Å². The number of hydrogen-bond donors (Lipinski definition) is 0. The quantitative estimate of drug-likeness (QED) is 0.176. The van der Waals surface area contributed by atoms with Gasteiger partial charge in [-0.2, -0.15) is 0 Å². The van der Waals surface area contributed by atoms with Crippen LogP contribution >= 0.6 is 0 Å². The van der Waals surface area contributed by atoms with Gasteiger partial charge in [-0.3, -0.25) is 0 Å². The number of fused-ring (bicyclic) bond motifs is 9. The summed E-state index contributed by atoms with van der Waals surface area (Å²) in [5.41, 5.74) is 10.5. The zero-order chi connectivity index (χ0) is 38.2. The Morgan fingerprint density at radius 1 is 0.293 bits per heavy atom. The maximum absolute atomic E-state index is 6.66. The SMILES string of the molecule is c1ccc(-c2ccc3ccc(-c4nc(-c5ccc6ccc7oc8ccccc8c7c6c5)nc(-c5cccc6oc7c(-c8ccccc8)cccc7c56)n4)cc3c2)cc1. The fraction of sp³-hybridized carbons (Fsp3) is 0. The summed E-state index contributed by atoms with van der Waals surface area (Å²) in [5, 5.41) is 8.59. The Kier molecular flexibility index (Phi) is 7.16. The highest BCUT2D eigenvalue weighted by Gasteiger charge is 2.20. The minimum atomic E-state index is 0.573. The molecule has 0 fully saturated rings. The minimum absolute atomic E-state index is 0.573. The summed E-state index contributed by atoms with van der Waals surface area (Å²) in [6.45, 7) is 0. The van der Waals surface area contributed by atoms with Crippen LogP contribution in [0.4, 0.5) is 0 Å². The van der Waals surface area contributed by atoms with Gasteiger partial charge in [0.1, 0.15) is 22.3 Å². The molecule has 0 aliphatic heterocycles. The molecule has 0 bridgehead atoms. The first-order valence-electron chi connectivity index (χ1n) is 19.4. The molecule has 0 spiro atoms. The van der Waals surface area contributed by atoms with Gasteiger partial charge >= 0.3 is 0 Å². The van der Waals surface area contributed by atoms with Gasteiger partial charge in [0.2, 0.25) is 0 Å². The molecule has 3 heterocycles. The second-order valence-corrected chi connectivity index (χ2v) is 14.8. The standard InChI is InChI=1S/C53H31N3O2/c1-3-11-32(12-4-1)36-24-21-33-22-25-37(30-39(33)29-36)51-54-52(38-26-23-35-27-28-47-48(44(35)31-38)41-15-7-8-19-45(41)57-47)56-53(55-51)43-18-10-20-46-49(43)42-17-9-16-40(50(42)58-46)34-13-5-2-6-14-34/h1-31H. The number of para-hydroxylation sites is 2. The van der Waals surface area contributed by atoms with Crippen LogP contribution in [0.2, 0.25) is 0 Å². The highest BCUT2D eigenvalue weighted by atomic mass is 16.3. The lowest BCUT2D eigenvalue weighted by atomic mass is 9.99. The van der Waals surface area contributed by atoms with Gasteiger partial charge in [-0.05, 0) is 74.6 Å². The molecule has 12 aromatic rings. The number of benzene rings is 9. The van der Waals surface area contributed by atoms with Gasteiger partial charge in [0.15, 0.2) is 17.5 Å². The molecule has 0 N–H and O–H groups in total. The fourth-order valence-corrected chi connectivity index (χ4v) is 8.51. The van der Waals surface area contributed by atoms with Crippen LogP contribution in [-0.4, -0.2) is 15.0 Å². The van der Waals surface area contributed by atoms with Crippen molar-refractivity contribution in [1.82, 2.24) is 15.0 Å². The molecular weight excluding hydrogens is 711 g/mol. The molecule has 0 saturated heterocycles. The Bertz CT molecular complexity index is 3570. The first kappa shape index (κ1) is 32.4. The van der Waals surface area contributed by atoms with Crippen LogP contribution in [0.5, 0.6) is 0 Å². The first-order valence-corrected chi connectivity index (χ1v) is 19.4. The molecule has 3 aromatic heterocycles. The van der Waals surface area contributed by atoms with E-state index in [0.717, 1.165) is 98.8 Å². The Labute approximate surface area is 332 Å². The lowest BCUT2D eigenvalue weighted by molar-refractivity contribution is 0.669. The van der Waals surface area contributed by atoms with E-state index in [0.29, 0.717) is 17.5 Å². The maximum atomic E-state index is 6.66. The van der Waals surface area contributed by atoms with Crippen LogP contribution in [0.15, 0.2) is 197 Å². The second-order valence-electron chi connectivity index (χ2n) is 14.8. The van der Waals surface area contributed by atoms with Crippen molar-refractivity contribution in [3.63, 3.8) is 0 Å². The van der Waals surface area contributed by atoms with Crippen molar-refractivity contribution in [2.75, 3.05) is 0 Å². The van der Waals surface area contributed by atoms with Gasteiger partial charge in [0, 0.05) is 43.8 Å². The Morgan fingerprint density at radius 2 is 0.879 bits per heavy atom. The monoisotopic (exact) mass is 741 g/mol. The average molecular weight is 742 g/mol. The minimum Gasteiger partial charge on any atom is -0.456 e. The third-order valence-electron chi connectivity index (χ3n) is 11.3. The summed E-state index contributed by atoms with van der Waals surface area (Å²) < 4.78 is 12.9. The largest absolute Gasteiger partial charge is 0.456 e. The topological polar surface area (TPSA) is 65.0 Å². The molecule has 5 heteroatoms. The van der Waals surface area contributed by atoms with E-state index >= 15 is 0 Å². The summed E-state index contributed by atoms with van der Waals surface area (Å²) in [4.78, 5) is 15.8. The van der Waals surface area contributed by atoms with E-state index in [1.54, 1.807) is 0 Å². The fourth-order valence-electron chi connectivity index (χ4n) is 8.51. The molecule has 0 amide bonds. The molecule has 0 unspecified atom stereocenters. The highest BCUT2D eigenvalue weighted by Crippen LogP contribution is 2.41. The van der Waals surface area contributed by atoms with Crippen LogP contribution in [0.25, 0.3) is 122 Å². The molecule has 0 saturated carbocycles. The van der Waals surface area contributed by atoms with Crippen molar-refractivity contribution in [3.8, 4) is 56.4 Å². The van der Waals surface area contributed by atoms with Crippen molar-refractivity contribution >= 4 is 65.4 Å². The van der Waals surface area contributed by atoms with Gasteiger partial charge in [0.25, 0.3) is 0 Å².